The van der Waals surface area contributed by atoms with Crippen LogP contribution in [0.1, 0.15) is 57.6 Å². The van der Waals surface area contributed by atoms with Crippen LogP contribution in [-0.4, -0.2) is 29.2 Å². The second kappa shape index (κ2) is 6.08. The molecule has 0 bridgehead atoms. The van der Waals surface area contributed by atoms with Gasteiger partial charge >= 0.3 is 6.09 Å². The molecule has 1 saturated heterocycles. The first kappa shape index (κ1) is 15.9. The van der Waals surface area contributed by atoms with E-state index in [4.69, 9.17) is 4.74 Å². The van der Waals surface area contributed by atoms with E-state index in [0.717, 1.165) is 19.4 Å². The normalized spacial score (nSPS) is 23.0. The van der Waals surface area contributed by atoms with Gasteiger partial charge in [-0.25, -0.2) is 4.79 Å². The number of carbonyl (C=O) groups is 1. The molecule has 0 spiro atoms. The van der Waals surface area contributed by atoms with Gasteiger partial charge in [0.1, 0.15) is 5.60 Å². The van der Waals surface area contributed by atoms with E-state index in [1.807, 2.05) is 25.7 Å². The number of amides is 1. The molecule has 1 fully saturated rings. The van der Waals surface area contributed by atoms with Crippen LogP contribution in [0.4, 0.5) is 4.79 Å². The van der Waals surface area contributed by atoms with E-state index >= 15 is 0 Å². The van der Waals surface area contributed by atoms with Crippen molar-refractivity contribution >= 4 is 6.09 Å². The molecule has 0 saturated carbocycles. The summed E-state index contributed by atoms with van der Waals surface area (Å²) in [5, 5.41) is 0. The van der Waals surface area contributed by atoms with E-state index in [-0.39, 0.29) is 12.1 Å². The number of aryl methyl sites for hydroxylation is 1. The van der Waals surface area contributed by atoms with Gasteiger partial charge in [0.05, 0.1) is 0 Å². The molecule has 116 valence electrons. The molecule has 1 aromatic carbocycles. The van der Waals surface area contributed by atoms with Gasteiger partial charge in [-0.1, -0.05) is 24.3 Å². The van der Waals surface area contributed by atoms with Crippen LogP contribution < -0.4 is 0 Å². The lowest BCUT2D eigenvalue weighted by Gasteiger charge is -2.38. The van der Waals surface area contributed by atoms with Gasteiger partial charge in [0, 0.05) is 12.6 Å². The number of nitrogens with zero attached hydrogens (tertiary/aromatic N) is 1. The zero-order valence-corrected chi connectivity index (χ0v) is 13.8. The molecule has 1 aliphatic rings. The first-order valence-electron chi connectivity index (χ1n) is 7.83. The molecule has 0 N–H and O–H groups in total. The van der Waals surface area contributed by atoms with E-state index in [0.29, 0.717) is 5.92 Å². The van der Waals surface area contributed by atoms with Crippen LogP contribution in [-0.2, 0) is 4.74 Å². The van der Waals surface area contributed by atoms with Crippen molar-refractivity contribution in [3.05, 3.63) is 35.4 Å². The van der Waals surface area contributed by atoms with Crippen molar-refractivity contribution in [2.45, 2.75) is 65.0 Å². The van der Waals surface area contributed by atoms with E-state index in [9.17, 15) is 4.79 Å². The lowest BCUT2D eigenvalue weighted by Crippen LogP contribution is -2.46. The van der Waals surface area contributed by atoms with Gasteiger partial charge in [-0.2, -0.15) is 0 Å². The minimum atomic E-state index is -0.427. The standard InChI is InChI=1S/C18H27NO2/c1-13-8-6-7-9-16(13)15-10-11-19(14(2)12-15)17(20)21-18(3,4)5/h6-9,14-15H,10-12H2,1-5H3/t14-,15-/m0/s1. The van der Waals surface area contributed by atoms with Gasteiger partial charge in [0.25, 0.3) is 0 Å². The zero-order chi connectivity index (χ0) is 15.6. The summed E-state index contributed by atoms with van der Waals surface area (Å²) in [6.45, 7) is 10.8. The average Bonchev–Trinajstić information content (AvgIpc) is 2.37. The minimum Gasteiger partial charge on any atom is -0.444 e. The number of hydrogen-bond donors (Lipinski definition) is 0. The smallest absolute Gasteiger partial charge is 0.410 e. The molecule has 0 radical (unpaired) electrons. The van der Waals surface area contributed by atoms with Gasteiger partial charge in [-0.15, -0.1) is 0 Å². The monoisotopic (exact) mass is 289 g/mol. The maximum atomic E-state index is 12.2. The minimum absolute atomic E-state index is 0.182. The summed E-state index contributed by atoms with van der Waals surface area (Å²) in [5.41, 5.74) is 2.34. The highest BCUT2D eigenvalue weighted by molar-refractivity contribution is 5.68. The third-order valence-corrected chi connectivity index (χ3v) is 4.13. The van der Waals surface area contributed by atoms with Crippen molar-refractivity contribution in [1.82, 2.24) is 4.90 Å². The summed E-state index contributed by atoms with van der Waals surface area (Å²) < 4.78 is 5.50. The Hall–Kier alpha value is -1.51. The van der Waals surface area contributed by atoms with Gasteiger partial charge in [0.15, 0.2) is 0 Å². The van der Waals surface area contributed by atoms with Crippen LogP contribution in [0.3, 0.4) is 0 Å². The Kier molecular flexibility index (Phi) is 4.60. The molecule has 3 nitrogen and oxygen atoms in total. The molecule has 0 aromatic heterocycles. The topological polar surface area (TPSA) is 29.5 Å². The largest absolute Gasteiger partial charge is 0.444 e. The van der Waals surface area contributed by atoms with Crippen molar-refractivity contribution in [3.8, 4) is 0 Å². The number of carbonyl (C=O) groups excluding carboxylic acids is 1. The fourth-order valence-corrected chi connectivity index (χ4v) is 3.09. The molecule has 0 aliphatic carbocycles. The Morgan fingerprint density at radius 2 is 1.95 bits per heavy atom. The Balaban J connectivity index is 2.03. The number of benzene rings is 1. The number of rotatable bonds is 1. The predicted molar refractivity (Wildman–Crippen MR) is 85.6 cm³/mol. The quantitative estimate of drug-likeness (QED) is 0.762. The Morgan fingerprint density at radius 3 is 2.52 bits per heavy atom. The van der Waals surface area contributed by atoms with E-state index in [1.165, 1.54) is 11.1 Å². The Bertz CT molecular complexity index is 504. The van der Waals surface area contributed by atoms with Crippen LogP contribution in [0.25, 0.3) is 0 Å². The molecular formula is C18H27NO2. The Morgan fingerprint density at radius 1 is 1.29 bits per heavy atom. The molecule has 1 amide bonds. The molecule has 2 rings (SSSR count). The van der Waals surface area contributed by atoms with Crippen LogP contribution in [0.15, 0.2) is 24.3 Å². The molecule has 0 unspecified atom stereocenters. The van der Waals surface area contributed by atoms with E-state index < -0.39 is 5.60 Å². The maximum absolute atomic E-state index is 12.2. The van der Waals surface area contributed by atoms with Crippen LogP contribution in [0, 0.1) is 6.92 Å². The highest BCUT2D eigenvalue weighted by Gasteiger charge is 2.32. The summed E-state index contributed by atoms with van der Waals surface area (Å²) in [7, 11) is 0. The summed E-state index contributed by atoms with van der Waals surface area (Å²) in [4.78, 5) is 14.1. The van der Waals surface area contributed by atoms with Crippen molar-refractivity contribution in [3.63, 3.8) is 0 Å². The average molecular weight is 289 g/mol. The van der Waals surface area contributed by atoms with Gasteiger partial charge in [-0.3, -0.25) is 0 Å². The predicted octanol–water partition coefficient (Wildman–Crippen LogP) is 4.50. The number of likely N-dealkylation sites (tertiary alicyclic amines) is 1. The zero-order valence-electron chi connectivity index (χ0n) is 13.8. The molecular weight excluding hydrogens is 262 g/mol. The second-order valence-corrected chi connectivity index (χ2v) is 7.10. The molecule has 1 heterocycles. The summed E-state index contributed by atoms with van der Waals surface area (Å²) >= 11 is 0. The SMILES string of the molecule is Cc1ccccc1[C@H]1CCN(C(=O)OC(C)(C)C)[C@@H](C)C1. The van der Waals surface area contributed by atoms with Crippen LogP contribution >= 0.6 is 0 Å². The maximum Gasteiger partial charge on any atom is 0.410 e. The molecule has 3 heteroatoms. The first-order valence-corrected chi connectivity index (χ1v) is 7.83. The lowest BCUT2D eigenvalue weighted by atomic mass is 9.84. The van der Waals surface area contributed by atoms with Crippen molar-refractivity contribution in [1.29, 1.82) is 0 Å². The summed E-state index contributed by atoms with van der Waals surface area (Å²) in [5.74, 6) is 0.542. The fourth-order valence-electron chi connectivity index (χ4n) is 3.09. The molecule has 1 aromatic rings. The highest BCUT2D eigenvalue weighted by atomic mass is 16.6. The van der Waals surface area contributed by atoms with Gasteiger partial charge in [-0.05, 0) is 64.5 Å². The van der Waals surface area contributed by atoms with Crippen molar-refractivity contribution in [2.24, 2.45) is 0 Å². The summed E-state index contributed by atoms with van der Waals surface area (Å²) in [6.07, 6.45) is 1.83. The summed E-state index contributed by atoms with van der Waals surface area (Å²) in [6, 6.07) is 8.79. The van der Waals surface area contributed by atoms with E-state index in [2.05, 4.69) is 38.1 Å². The van der Waals surface area contributed by atoms with Crippen molar-refractivity contribution in [2.75, 3.05) is 6.54 Å². The lowest BCUT2D eigenvalue weighted by molar-refractivity contribution is 0.0103. The molecule has 1 aliphatic heterocycles. The van der Waals surface area contributed by atoms with Crippen LogP contribution in [0.5, 0.6) is 0 Å². The Labute approximate surface area is 128 Å². The number of piperidine rings is 1. The molecule has 2 atom stereocenters. The van der Waals surface area contributed by atoms with Gasteiger partial charge < -0.3 is 9.64 Å². The number of ether oxygens (including phenoxy) is 1. The number of hydrogen-bond acceptors (Lipinski definition) is 2. The second-order valence-electron chi connectivity index (χ2n) is 7.10. The fraction of sp³-hybridized carbons (Fsp3) is 0.611. The molecule has 21 heavy (non-hydrogen) atoms. The third kappa shape index (κ3) is 3.99. The third-order valence-electron chi connectivity index (χ3n) is 4.13. The van der Waals surface area contributed by atoms with Crippen molar-refractivity contribution < 1.29 is 9.53 Å². The first-order chi connectivity index (χ1) is 9.78. The van der Waals surface area contributed by atoms with Gasteiger partial charge in [0.2, 0.25) is 0 Å². The highest BCUT2D eigenvalue weighted by Crippen LogP contribution is 2.33. The van der Waals surface area contributed by atoms with E-state index in [1.54, 1.807) is 0 Å². The van der Waals surface area contributed by atoms with Crippen LogP contribution in [0.2, 0.25) is 0 Å².